The van der Waals surface area contributed by atoms with E-state index in [4.69, 9.17) is 0 Å². The summed E-state index contributed by atoms with van der Waals surface area (Å²) in [4.78, 5) is 11.5. The molecule has 0 bridgehead atoms. The van der Waals surface area contributed by atoms with Crippen LogP contribution in [-0.2, 0) is 4.79 Å². The number of hydrogen-bond acceptors (Lipinski definition) is 1. The molecule has 0 unspecified atom stereocenters. The van der Waals surface area contributed by atoms with Crippen LogP contribution in [0.25, 0.3) is 0 Å². The molecule has 0 aromatic carbocycles. The Bertz CT molecular complexity index is 231. The van der Waals surface area contributed by atoms with Crippen molar-refractivity contribution in [3.63, 3.8) is 0 Å². The number of carbonyl (C=O) groups excluding carboxylic acids is 1. The molecule has 0 heterocycles. The van der Waals surface area contributed by atoms with Crippen LogP contribution < -0.4 is 0 Å². The van der Waals surface area contributed by atoms with E-state index in [-0.39, 0.29) is 0 Å². The standard InChI is InChI=1S/C11H16O/c1-9-4-7-11(8-10(9)12)5-2-3-6-11/h4H,2-3,5-8H2,1H3. The first-order chi connectivity index (χ1) is 5.72. The second kappa shape index (κ2) is 2.72. The molecule has 0 amide bonds. The van der Waals surface area contributed by atoms with E-state index in [0.717, 1.165) is 18.4 Å². The molecule has 0 radical (unpaired) electrons. The number of Topliss-reactive ketones (excluding diaryl/α,β-unsaturated/α-hetero) is 1. The van der Waals surface area contributed by atoms with Gasteiger partial charge in [0.15, 0.2) is 5.78 Å². The van der Waals surface area contributed by atoms with Gasteiger partial charge in [0.05, 0.1) is 0 Å². The molecule has 0 saturated heterocycles. The van der Waals surface area contributed by atoms with Gasteiger partial charge in [-0.2, -0.15) is 0 Å². The summed E-state index contributed by atoms with van der Waals surface area (Å²) in [5.74, 6) is 0.392. The second-order valence-corrected chi connectivity index (χ2v) is 4.40. The normalized spacial score (nSPS) is 27.8. The molecule has 66 valence electrons. The van der Waals surface area contributed by atoms with E-state index in [2.05, 4.69) is 6.08 Å². The van der Waals surface area contributed by atoms with Gasteiger partial charge in [0.2, 0.25) is 0 Å². The Morgan fingerprint density at radius 3 is 2.58 bits per heavy atom. The maximum atomic E-state index is 11.5. The maximum absolute atomic E-state index is 11.5. The van der Waals surface area contributed by atoms with Gasteiger partial charge in [-0.05, 0) is 37.2 Å². The first-order valence-electron chi connectivity index (χ1n) is 4.92. The molecule has 0 aromatic rings. The topological polar surface area (TPSA) is 17.1 Å². The molecule has 2 aliphatic rings. The van der Waals surface area contributed by atoms with Crippen LogP contribution in [-0.4, -0.2) is 5.78 Å². The highest BCUT2D eigenvalue weighted by atomic mass is 16.1. The summed E-state index contributed by atoms with van der Waals surface area (Å²) in [5, 5.41) is 0. The Kier molecular flexibility index (Phi) is 1.82. The van der Waals surface area contributed by atoms with E-state index in [1.165, 1.54) is 25.7 Å². The summed E-state index contributed by atoms with van der Waals surface area (Å²) in [5.41, 5.74) is 1.39. The van der Waals surface area contributed by atoms with Gasteiger partial charge < -0.3 is 0 Å². The van der Waals surface area contributed by atoms with Gasteiger partial charge >= 0.3 is 0 Å². The van der Waals surface area contributed by atoms with Crippen LogP contribution in [0.15, 0.2) is 11.6 Å². The van der Waals surface area contributed by atoms with E-state index in [9.17, 15) is 4.79 Å². The molecule has 2 aliphatic carbocycles. The smallest absolute Gasteiger partial charge is 0.158 e. The lowest BCUT2D eigenvalue weighted by Gasteiger charge is -2.30. The SMILES string of the molecule is CC1=CCC2(CCCC2)CC1=O. The van der Waals surface area contributed by atoms with Crippen LogP contribution in [0.5, 0.6) is 0 Å². The second-order valence-electron chi connectivity index (χ2n) is 4.40. The highest BCUT2D eigenvalue weighted by molar-refractivity contribution is 5.96. The average Bonchev–Trinajstić information content (AvgIpc) is 2.47. The highest BCUT2D eigenvalue weighted by Crippen LogP contribution is 2.46. The van der Waals surface area contributed by atoms with Crippen molar-refractivity contribution in [2.24, 2.45) is 5.41 Å². The third-order valence-electron chi connectivity index (χ3n) is 3.48. The zero-order valence-corrected chi connectivity index (χ0v) is 7.73. The van der Waals surface area contributed by atoms with Crippen LogP contribution >= 0.6 is 0 Å². The third kappa shape index (κ3) is 1.21. The molecular weight excluding hydrogens is 148 g/mol. The van der Waals surface area contributed by atoms with Gasteiger partial charge in [-0.25, -0.2) is 0 Å². The van der Waals surface area contributed by atoms with Gasteiger partial charge in [0.1, 0.15) is 0 Å². The Morgan fingerprint density at radius 1 is 1.33 bits per heavy atom. The maximum Gasteiger partial charge on any atom is 0.158 e. The zero-order valence-electron chi connectivity index (χ0n) is 7.73. The fourth-order valence-electron chi connectivity index (χ4n) is 2.54. The molecule has 12 heavy (non-hydrogen) atoms. The lowest BCUT2D eigenvalue weighted by molar-refractivity contribution is -0.118. The lowest BCUT2D eigenvalue weighted by atomic mass is 9.73. The predicted octanol–water partition coefficient (Wildman–Crippen LogP) is 2.86. The van der Waals surface area contributed by atoms with Gasteiger partial charge in [-0.3, -0.25) is 4.79 Å². The van der Waals surface area contributed by atoms with Crippen LogP contribution in [0.1, 0.15) is 45.4 Å². The number of ketones is 1. The van der Waals surface area contributed by atoms with E-state index in [0.29, 0.717) is 11.2 Å². The van der Waals surface area contributed by atoms with Crippen LogP contribution in [0.2, 0.25) is 0 Å². The molecule has 1 heteroatoms. The first-order valence-corrected chi connectivity index (χ1v) is 4.92. The number of carbonyl (C=O) groups is 1. The van der Waals surface area contributed by atoms with Crippen molar-refractivity contribution in [1.82, 2.24) is 0 Å². The minimum atomic E-state index is 0.392. The molecule has 1 fully saturated rings. The van der Waals surface area contributed by atoms with E-state index < -0.39 is 0 Å². The van der Waals surface area contributed by atoms with Crippen molar-refractivity contribution in [3.05, 3.63) is 11.6 Å². The van der Waals surface area contributed by atoms with Crippen molar-refractivity contribution < 1.29 is 4.79 Å². The summed E-state index contributed by atoms with van der Waals surface area (Å²) < 4.78 is 0. The molecule has 1 spiro atoms. The van der Waals surface area contributed by atoms with Gasteiger partial charge in [0, 0.05) is 6.42 Å². The molecular formula is C11H16O. The Labute approximate surface area is 73.8 Å². The summed E-state index contributed by atoms with van der Waals surface area (Å²) in [6.07, 6.45) is 9.36. The Hall–Kier alpha value is -0.590. The highest BCUT2D eigenvalue weighted by Gasteiger charge is 2.37. The summed E-state index contributed by atoms with van der Waals surface area (Å²) >= 11 is 0. The van der Waals surface area contributed by atoms with Gasteiger partial charge in [-0.15, -0.1) is 0 Å². The fourth-order valence-corrected chi connectivity index (χ4v) is 2.54. The van der Waals surface area contributed by atoms with Crippen LogP contribution in [0, 0.1) is 5.41 Å². The molecule has 0 aromatic heterocycles. The Balaban J connectivity index is 2.17. The minimum Gasteiger partial charge on any atom is -0.295 e. The van der Waals surface area contributed by atoms with Crippen molar-refractivity contribution in [3.8, 4) is 0 Å². The summed E-state index contributed by atoms with van der Waals surface area (Å²) in [7, 11) is 0. The van der Waals surface area contributed by atoms with Gasteiger partial charge in [0.25, 0.3) is 0 Å². The largest absolute Gasteiger partial charge is 0.295 e. The summed E-state index contributed by atoms with van der Waals surface area (Å²) in [6, 6.07) is 0. The third-order valence-corrected chi connectivity index (χ3v) is 3.48. The van der Waals surface area contributed by atoms with Crippen molar-refractivity contribution in [1.29, 1.82) is 0 Å². The number of hydrogen-bond donors (Lipinski definition) is 0. The van der Waals surface area contributed by atoms with Crippen molar-refractivity contribution in [2.75, 3.05) is 0 Å². The van der Waals surface area contributed by atoms with E-state index in [1.807, 2.05) is 6.92 Å². The van der Waals surface area contributed by atoms with Crippen molar-refractivity contribution >= 4 is 5.78 Å². The predicted molar refractivity (Wildman–Crippen MR) is 48.9 cm³/mol. The van der Waals surface area contributed by atoms with E-state index in [1.54, 1.807) is 0 Å². The number of allylic oxidation sites excluding steroid dienone is 2. The molecule has 0 N–H and O–H groups in total. The molecule has 2 rings (SSSR count). The molecule has 1 saturated carbocycles. The lowest BCUT2D eigenvalue weighted by Crippen LogP contribution is -2.24. The quantitative estimate of drug-likeness (QED) is 0.538. The number of rotatable bonds is 0. The fraction of sp³-hybridized carbons (Fsp3) is 0.727. The Morgan fingerprint density at radius 2 is 2.00 bits per heavy atom. The summed E-state index contributed by atoms with van der Waals surface area (Å²) in [6.45, 7) is 1.95. The zero-order chi connectivity index (χ0) is 8.60. The molecule has 1 nitrogen and oxygen atoms in total. The first kappa shape index (κ1) is 8.03. The van der Waals surface area contributed by atoms with E-state index >= 15 is 0 Å². The monoisotopic (exact) mass is 164 g/mol. The average molecular weight is 164 g/mol. The van der Waals surface area contributed by atoms with Crippen LogP contribution in [0.4, 0.5) is 0 Å². The minimum absolute atomic E-state index is 0.392. The van der Waals surface area contributed by atoms with Crippen LogP contribution in [0.3, 0.4) is 0 Å². The van der Waals surface area contributed by atoms with Gasteiger partial charge in [-0.1, -0.05) is 18.9 Å². The molecule has 0 aliphatic heterocycles. The molecule has 0 atom stereocenters. The van der Waals surface area contributed by atoms with Crippen molar-refractivity contribution in [2.45, 2.75) is 45.4 Å².